The number of nitrogens with zero attached hydrogens (tertiary/aromatic N) is 2. The lowest BCUT2D eigenvalue weighted by Crippen LogP contribution is -2.02. The van der Waals surface area contributed by atoms with Crippen molar-refractivity contribution >= 4 is 27.4 Å². The number of pyridine rings is 1. The molecule has 78 valence electrons. The van der Waals surface area contributed by atoms with Gasteiger partial charge in [0.2, 0.25) is 0 Å². The van der Waals surface area contributed by atoms with E-state index in [4.69, 9.17) is 0 Å². The maximum absolute atomic E-state index is 11.4. The third kappa shape index (κ3) is 1.63. The van der Waals surface area contributed by atoms with Crippen LogP contribution in [-0.4, -0.2) is 22.7 Å². The molecular formula is C10H9BrN2O2. The molecule has 0 spiro atoms. The fraction of sp³-hybridized carbons (Fsp3) is 0.200. The van der Waals surface area contributed by atoms with E-state index in [1.54, 1.807) is 4.52 Å². The fourth-order valence-corrected chi connectivity index (χ4v) is 1.90. The van der Waals surface area contributed by atoms with E-state index >= 15 is 0 Å². The standard InChI is InChI=1S/C10H9BrN2O2/c1-6-3-4-7-8(11)9(10(14)15-2)12-13(7)5-6/h3-5H,1-2H3. The number of halogens is 1. The molecule has 2 aromatic rings. The quantitative estimate of drug-likeness (QED) is 0.745. The largest absolute Gasteiger partial charge is 0.464 e. The summed E-state index contributed by atoms with van der Waals surface area (Å²) < 4.78 is 6.95. The van der Waals surface area contributed by atoms with Crippen LogP contribution in [0.1, 0.15) is 16.1 Å². The van der Waals surface area contributed by atoms with Crippen molar-refractivity contribution in [3.8, 4) is 0 Å². The van der Waals surface area contributed by atoms with Crippen molar-refractivity contribution in [3.63, 3.8) is 0 Å². The van der Waals surface area contributed by atoms with Crippen molar-refractivity contribution in [1.29, 1.82) is 0 Å². The number of esters is 1. The topological polar surface area (TPSA) is 43.6 Å². The monoisotopic (exact) mass is 268 g/mol. The van der Waals surface area contributed by atoms with Gasteiger partial charge in [-0.2, -0.15) is 5.10 Å². The predicted molar refractivity (Wildman–Crippen MR) is 59.0 cm³/mol. The SMILES string of the molecule is COC(=O)c1nn2cc(C)ccc2c1Br. The van der Waals surface area contributed by atoms with Crippen LogP contribution in [0.2, 0.25) is 0 Å². The molecule has 0 saturated heterocycles. The fourth-order valence-electron chi connectivity index (χ4n) is 1.35. The molecule has 5 heteroatoms. The van der Waals surface area contributed by atoms with Gasteiger partial charge in [-0.3, -0.25) is 0 Å². The minimum atomic E-state index is -0.441. The van der Waals surface area contributed by atoms with Crippen LogP contribution in [0.3, 0.4) is 0 Å². The van der Waals surface area contributed by atoms with Gasteiger partial charge in [0, 0.05) is 6.20 Å². The number of rotatable bonds is 1. The number of aryl methyl sites for hydroxylation is 1. The van der Waals surface area contributed by atoms with E-state index in [0.717, 1.165) is 11.1 Å². The van der Waals surface area contributed by atoms with E-state index < -0.39 is 5.97 Å². The molecule has 4 nitrogen and oxygen atoms in total. The number of carbonyl (C=O) groups is 1. The summed E-state index contributed by atoms with van der Waals surface area (Å²) in [5.74, 6) is -0.441. The Morgan fingerprint density at radius 3 is 2.93 bits per heavy atom. The molecular weight excluding hydrogens is 260 g/mol. The summed E-state index contributed by atoms with van der Waals surface area (Å²) in [7, 11) is 1.34. The highest BCUT2D eigenvalue weighted by Crippen LogP contribution is 2.23. The Labute approximate surface area is 95.0 Å². The molecule has 2 heterocycles. The number of hydrogen-bond acceptors (Lipinski definition) is 3. The number of methoxy groups -OCH3 is 1. The number of fused-ring (bicyclic) bond motifs is 1. The molecule has 0 fully saturated rings. The summed E-state index contributed by atoms with van der Waals surface area (Å²) >= 11 is 3.33. The van der Waals surface area contributed by atoms with Crippen LogP contribution >= 0.6 is 15.9 Å². The Morgan fingerprint density at radius 2 is 2.27 bits per heavy atom. The van der Waals surface area contributed by atoms with Crippen LogP contribution in [0.5, 0.6) is 0 Å². The minimum absolute atomic E-state index is 0.295. The zero-order valence-corrected chi connectivity index (χ0v) is 9.91. The maximum Gasteiger partial charge on any atom is 0.359 e. The van der Waals surface area contributed by atoms with Crippen LogP contribution in [0, 0.1) is 6.92 Å². The number of ether oxygens (including phenoxy) is 1. The van der Waals surface area contributed by atoms with Gasteiger partial charge in [0.15, 0.2) is 5.69 Å². The van der Waals surface area contributed by atoms with Crippen molar-refractivity contribution in [2.24, 2.45) is 0 Å². The lowest BCUT2D eigenvalue weighted by molar-refractivity contribution is 0.0592. The van der Waals surface area contributed by atoms with Gasteiger partial charge < -0.3 is 4.74 Å². The first-order valence-corrected chi connectivity index (χ1v) is 5.15. The summed E-state index contributed by atoms with van der Waals surface area (Å²) in [6, 6.07) is 3.86. The number of carbonyl (C=O) groups excluding carboxylic acids is 1. The average Bonchev–Trinajstić information content (AvgIpc) is 2.54. The van der Waals surface area contributed by atoms with Crippen LogP contribution in [-0.2, 0) is 4.74 Å². The summed E-state index contributed by atoms with van der Waals surface area (Å²) in [6.07, 6.45) is 1.85. The summed E-state index contributed by atoms with van der Waals surface area (Å²) in [5.41, 5.74) is 2.22. The van der Waals surface area contributed by atoms with Gasteiger partial charge in [0.1, 0.15) is 0 Å². The third-order valence-corrected chi connectivity index (χ3v) is 2.88. The van der Waals surface area contributed by atoms with E-state index in [1.165, 1.54) is 7.11 Å². The molecule has 2 rings (SSSR count). The molecule has 15 heavy (non-hydrogen) atoms. The van der Waals surface area contributed by atoms with E-state index in [1.807, 2.05) is 25.3 Å². The van der Waals surface area contributed by atoms with Crippen LogP contribution in [0.4, 0.5) is 0 Å². The van der Waals surface area contributed by atoms with Gasteiger partial charge in [0.05, 0.1) is 17.1 Å². The summed E-state index contributed by atoms with van der Waals surface area (Å²) in [6.45, 7) is 1.97. The maximum atomic E-state index is 11.4. The smallest absolute Gasteiger partial charge is 0.359 e. The Bertz CT molecular complexity index is 533. The minimum Gasteiger partial charge on any atom is -0.464 e. The molecule has 0 bridgehead atoms. The molecule has 2 aromatic heterocycles. The normalized spacial score (nSPS) is 10.6. The van der Waals surface area contributed by atoms with Gasteiger partial charge >= 0.3 is 5.97 Å². The molecule has 0 aliphatic carbocycles. The molecule has 0 unspecified atom stereocenters. The van der Waals surface area contributed by atoms with Crippen LogP contribution in [0.25, 0.3) is 5.52 Å². The van der Waals surface area contributed by atoms with Crippen molar-refractivity contribution in [2.45, 2.75) is 6.92 Å². The summed E-state index contributed by atoms with van der Waals surface area (Å²) in [5, 5.41) is 4.14. The Hall–Kier alpha value is -1.36. The molecule has 0 aliphatic rings. The van der Waals surface area contributed by atoms with Gasteiger partial charge in [-0.1, -0.05) is 6.07 Å². The summed E-state index contributed by atoms with van der Waals surface area (Å²) in [4.78, 5) is 11.4. The molecule has 0 atom stereocenters. The van der Waals surface area contributed by atoms with Crippen LogP contribution < -0.4 is 0 Å². The van der Waals surface area contributed by atoms with Gasteiger partial charge in [0.25, 0.3) is 0 Å². The van der Waals surface area contributed by atoms with E-state index in [0.29, 0.717) is 10.2 Å². The Morgan fingerprint density at radius 1 is 1.53 bits per heavy atom. The Balaban J connectivity index is 2.69. The van der Waals surface area contributed by atoms with E-state index in [2.05, 4.69) is 25.8 Å². The van der Waals surface area contributed by atoms with E-state index in [9.17, 15) is 4.79 Å². The van der Waals surface area contributed by atoms with Gasteiger partial charge in [-0.15, -0.1) is 0 Å². The molecule has 0 saturated carbocycles. The molecule has 0 amide bonds. The van der Waals surface area contributed by atoms with Crippen molar-refractivity contribution in [1.82, 2.24) is 9.61 Å². The lowest BCUT2D eigenvalue weighted by Gasteiger charge is -1.93. The first kappa shape index (κ1) is 10.2. The van der Waals surface area contributed by atoms with Crippen molar-refractivity contribution in [3.05, 3.63) is 34.1 Å². The Kier molecular flexibility index (Phi) is 2.48. The van der Waals surface area contributed by atoms with Gasteiger partial charge in [-0.05, 0) is 34.5 Å². The molecule has 0 aliphatic heterocycles. The lowest BCUT2D eigenvalue weighted by atomic mass is 10.3. The highest BCUT2D eigenvalue weighted by molar-refractivity contribution is 9.10. The van der Waals surface area contributed by atoms with Gasteiger partial charge in [-0.25, -0.2) is 9.31 Å². The second kappa shape index (κ2) is 3.66. The highest BCUT2D eigenvalue weighted by Gasteiger charge is 2.17. The first-order valence-electron chi connectivity index (χ1n) is 4.36. The zero-order chi connectivity index (χ0) is 11.0. The van der Waals surface area contributed by atoms with Crippen molar-refractivity contribution in [2.75, 3.05) is 7.11 Å². The van der Waals surface area contributed by atoms with Crippen LogP contribution in [0.15, 0.2) is 22.8 Å². The third-order valence-electron chi connectivity index (χ3n) is 2.10. The van der Waals surface area contributed by atoms with Crippen molar-refractivity contribution < 1.29 is 9.53 Å². The second-order valence-electron chi connectivity index (χ2n) is 3.19. The van der Waals surface area contributed by atoms with E-state index in [-0.39, 0.29) is 0 Å². The number of hydrogen-bond donors (Lipinski definition) is 0. The molecule has 0 aromatic carbocycles. The number of aromatic nitrogens is 2. The second-order valence-corrected chi connectivity index (χ2v) is 3.98. The molecule has 0 radical (unpaired) electrons. The molecule has 0 N–H and O–H groups in total. The zero-order valence-electron chi connectivity index (χ0n) is 8.32. The first-order chi connectivity index (χ1) is 7.13. The highest BCUT2D eigenvalue weighted by atomic mass is 79.9. The average molecular weight is 269 g/mol. The predicted octanol–water partition coefficient (Wildman–Crippen LogP) is 2.19.